The van der Waals surface area contributed by atoms with Gasteiger partial charge in [0.15, 0.2) is 0 Å². The number of hydrogen-bond donors (Lipinski definition) is 1. The van der Waals surface area contributed by atoms with Crippen molar-refractivity contribution in [2.24, 2.45) is 0 Å². The van der Waals surface area contributed by atoms with Gasteiger partial charge in [0.2, 0.25) is 0 Å². The van der Waals surface area contributed by atoms with Gasteiger partial charge in [-0.3, -0.25) is 9.55 Å². The molecule has 5 heteroatoms. The number of fused-ring (bicyclic) bond motifs is 1. The molecule has 0 fully saturated rings. The summed E-state index contributed by atoms with van der Waals surface area (Å²) in [7, 11) is 0. The van der Waals surface area contributed by atoms with Gasteiger partial charge in [0.05, 0.1) is 22.3 Å². The summed E-state index contributed by atoms with van der Waals surface area (Å²) in [6.45, 7) is 26.8. The Hall–Kier alpha value is -6.35. The fourth-order valence-corrected chi connectivity index (χ4v) is 9.17. The number of pyridine rings is 1. The summed E-state index contributed by atoms with van der Waals surface area (Å²) in [6.07, 6.45) is 1.89. The molecular weight excluding hydrogens is 1020 g/mol. The SMILES string of the molecule is CC(C)(C)c1ccc(-c2cc(C(C)(C)C)ccc2-n2c(-c3cc(C(C)(C)C)cc(C(C)(C)C)c3O)nc3c(-c4[c-]c(-c5cc(-c6ccccc6)ccn5)cc(-c5ccccc5)c4)cccc32)cc1.[Pt]. The summed E-state index contributed by atoms with van der Waals surface area (Å²) < 4.78 is 2.29. The predicted octanol–water partition coefficient (Wildman–Crippen LogP) is 17.1. The first-order valence-electron chi connectivity index (χ1n) is 24.0. The van der Waals surface area contributed by atoms with Gasteiger partial charge < -0.3 is 5.11 Å². The number of imidazole rings is 1. The molecule has 0 aliphatic heterocycles. The molecule has 0 spiro atoms. The van der Waals surface area contributed by atoms with Crippen LogP contribution in [-0.2, 0) is 42.7 Å². The number of para-hydroxylation sites is 1. The van der Waals surface area contributed by atoms with E-state index in [1.54, 1.807) is 0 Å². The minimum Gasteiger partial charge on any atom is -0.507 e. The van der Waals surface area contributed by atoms with Crippen LogP contribution >= 0.6 is 0 Å². The molecule has 352 valence electrons. The summed E-state index contributed by atoms with van der Waals surface area (Å²) in [4.78, 5) is 10.7. The zero-order chi connectivity index (χ0) is 48.3. The molecule has 0 aliphatic carbocycles. The number of phenols is 1. The van der Waals surface area contributed by atoms with E-state index in [4.69, 9.17) is 9.97 Å². The third-order valence-electron chi connectivity index (χ3n) is 13.3. The van der Waals surface area contributed by atoms with E-state index in [1.807, 2.05) is 12.3 Å². The first-order chi connectivity index (χ1) is 32.1. The van der Waals surface area contributed by atoms with Gasteiger partial charge in [0, 0.05) is 44.1 Å². The maximum atomic E-state index is 12.7. The Bertz CT molecular complexity index is 3300. The topological polar surface area (TPSA) is 50.9 Å². The molecule has 7 aromatic carbocycles. The zero-order valence-electron chi connectivity index (χ0n) is 42.2. The molecule has 69 heavy (non-hydrogen) atoms. The van der Waals surface area contributed by atoms with Crippen LogP contribution in [-0.4, -0.2) is 19.6 Å². The van der Waals surface area contributed by atoms with Crippen LogP contribution < -0.4 is 0 Å². The van der Waals surface area contributed by atoms with Gasteiger partial charge in [-0.05, 0) is 90.9 Å². The molecule has 0 atom stereocenters. The Morgan fingerprint density at radius 3 is 1.64 bits per heavy atom. The van der Waals surface area contributed by atoms with Crippen molar-refractivity contribution in [3.8, 4) is 78.6 Å². The van der Waals surface area contributed by atoms with Crippen LogP contribution in [0.2, 0.25) is 0 Å². The van der Waals surface area contributed by atoms with Gasteiger partial charge in [-0.2, -0.15) is 0 Å². The number of aromatic hydroxyl groups is 1. The van der Waals surface area contributed by atoms with Gasteiger partial charge in [-0.1, -0.05) is 215 Å². The molecule has 0 radical (unpaired) electrons. The van der Waals surface area contributed by atoms with Gasteiger partial charge in [-0.15, -0.1) is 23.8 Å². The van der Waals surface area contributed by atoms with E-state index in [-0.39, 0.29) is 48.5 Å². The smallest absolute Gasteiger partial charge is 0.148 e. The molecule has 0 saturated carbocycles. The first-order valence-corrected chi connectivity index (χ1v) is 24.0. The average Bonchev–Trinajstić information content (AvgIpc) is 3.70. The molecule has 9 aromatic rings. The second-order valence-electron chi connectivity index (χ2n) is 22.5. The van der Waals surface area contributed by atoms with Crippen LogP contribution in [0.3, 0.4) is 0 Å². The van der Waals surface area contributed by atoms with Crippen LogP contribution in [0.4, 0.5) is 0 Å². The molecule has 2 aromatic heterocycles. The van der Waals surface area contributed by atoms with Crippen LogP contribution in [0.1, 0.15) is 105 Å². The molecule has 9 rings (SSSR count). The van der Waals surface area contributed by atoms with Gasteiger partial charge in [-0.25, -0.2) is 4.98 Å². The fraction of sp³-hybridized carbons (Fsp3) is 0.250. The van der Waals surface area contributed by atoms with Crippen molar-refractivity contribution in [3.05, 3.63) is 192 Å². The Balaban J connectivity index is 0.00000642. The third kappa shape index (κ3) is 9.93. The van der Waals surface area contributed by atoms with E-state index in [0.717, 1.165) is 83.6 Å². The average molecular weight is 1090 g/mol. The quantitative estimate of drug-likeness (QED) is 0.162. The first kappa shape index (κ1) is 49.1. The Morgan fingerprint density at radius 2 is 1.03 bits per heavy atom. The Morgan fingerprint density at radius 1 is 0.449 bits per heavy atom. The molecule has 0 unspecified atom stereocenters. The van der Waals surface area contributed by atoms with E-state index in [0.29, 0.717) is 11.4 Å². The summed E-state index contributed by atoms with van der Waals surface area (Å²) in [5, 5.41) is 12.7. The summed E-state index contributed by atoms with van der Waals surface area (Å²) in [6, 6.07) is 60.2. The second kappa shape index (κ2) is 18.5. The van der Waals surface area contributed by atoms with Crippen molar-refractivity contribution < 1.29 is 26.2 Å². The van der Waals surface area contributed by atoms with E-state index in [9.17, 15) is 5.11 Å². The standard InChI is InChI=1S/C64H64N3O.Pt/c1-61(2,3)48-28-26-43(27-29-48)52-38-49(62(4,5)6)30-31-56(52)67-57-25-19-24-51(58(57)66-60(67)53-39-50(63(7,8)9)40-54(59(53)68)64(10,11)12)46-34-45(42-22-17-14-18-23-42)35-47(36-46)55-37-44(32-33-65-55)41-20-15-13-16-21-41;/h13-35,37-40,68H,1-12H3;/q-1;. The minimum atomic E-state index is -0.342. The number of benzene rings is 7. The van der Waals surface area contributed by atoms with Crippen LogP contribution in [0.25, 0.3) is 83.9 Å². The van der Waals surface area contributed by atoms with E-state index >= 15 is 0 Å². The van der Waals surface area contributed by atoms with Crippen molar-refractivity contribution in [2.75, 3.05) is 0 Å². The molecule has 0 amide bonds. The Labute approximate surface area is 424 Å². The molecular formula is C64H64N3OPt-. The summed E-state index contributed by atoms with van der Waals surface area (Å²) >= 11 is 0. The van der Waals surface area contributed by atoms with Gasteiger partial charge in [0.25, 0.3) is 0 Å². The van der Waals surface area contributed by atoms with Gasteiger partial charge in [0.1, 0.15) is 11.6 Å². The largest absolute Gasteiger partial charge is 0.507 e. The minimum absolute atomic E-state index is 0. The van der Waals surface area contributed by atoms with Crippen molar-refractivity contribution in [2.45, 2.75) is 105 Å². The zero-order valence-corrected chi connectivity index (χ0v) is 44.5. The summed E-state index contributed by atoms with van der Waals surface area (Å²) in [5.74, 6) is 0.921. The molecule has 0 saturated heterocycles. The predicted molar refractivity (Wildman–Crippen MR) is 287 cm³/mol. The van der Waals surface area contributed by atoms with Crippen LogP contribution in [0.15, 0.2) is 164 Å². The molecule has 2 heterocycles. The molecule has 4 nitrogen and oxygen atoms in total. The summed E-state index contributed by atoms with van der Waals surface area (Å²) in [5.41, 5.74) is 17.5. The van der Waals surface area contributed by atoms with Crippen molar-refractivity contribution in [1.29, 1.82) is 0 Å². The second-order valence-corrected chi connectivity index (χ2v) is 22.5. The number of rotatable bonds is 7. The maximum absolute atomic E-state index is 12.7. The van der Waals surface area contributed by atoms with E-state index in [1.165, 1.54) is 11.1 Å². The number of nitrogens with zero attached hydrogens (tertiary/aromatic N) is 3. The van der Waals surface area contributed by atoms with Crippen molar-refractivity contribution in [3.63, 3.8) is 0 Å². The van der Waals surface area contributed by atoms with Crippen molar-refractivity contribution >= 4 is 11.0 Å². The normalized spacial score (nSPS) is 12.3. The Kier molecular flexibility index (Phi) is 13.2. The molecule has 1 N–H and O–H groups in total. The monoisotopic (exact) mass is 1090 g/mol. The van der Waals surface area contributed by atoms with Crippen molar-refractivity contribution in [1.82, 2.24) is 14.5 Å². The van der Waals surface area contributed by atoms with Crippen LogP contribution in [0.5, 0.6) is 5.75 Å². The maximum Gasteiger partial charge on any atom is 0.148 e. The molecule has 0 aliphatic rings. The third-order valence-corrected chi connectivity index (χ3v) is 13.3. The number of phenolic OH excluding ortho intramolecular Hbond substituents is 1. The number of hydrogen-bond acceptors (Lipinski definition) is 3. The fourth-order valence-electron chi connectivity index (χ4n) is 9.17. The van der Waals surface area contributed by atoms with Gasteiger partial charge >= 0.3 is 0 Å². The van der Waals surface area contributed by atoms with Crippen LogP contribution in [0, 0.1) is 6.07 Å². The van der Waals surface area contributed by atoms with E-state index < -0.39 is 0 Å². The number of aromatic nitrogens is 3. The van der Waals surface area contributed by atoms with E-state index in [2.05, 4.69) is 245 Å². The molecule has 0 bridgehead atoms.